The minimum atomic E-state index is -0.299. The van der Waals surface area contributed by atoms with E-state index in [1.165, 1.54) is 4.88 Å². The van der Waals surface area contributed by atoms with Gasteiger partial charge in [0, 0.05) is 30.9 Å². The van der Waals surface area contributed by atoms with Crippen molar-refractivity contribution in [3.8, 4) is 0 Å². The molecule has 3 rings (SSSR count). The van der Waals surface area contributed by atoms with Gasteiger partial charge in [0.25, 0.3) is 0 Å². The van der Waals surface area contributed by atoms with E-state index in [4.69, 9.17) is 4.74 Å². The zero-order valence-electron chi connectivity index (χ0n) is 12.5. The van der Waals surface area contributed by atoms with Crippen molar-refractivity contribution in [1.29, 1.82) is 0 Å². The maximum atomic E-state index is 12.3. The second kappa shape index (κ2) is 6.39. The van der Waals surface area contributed by atoms with Gasteiger partial charge in [0.05, 0.1) is 18.4 Å². The first kappa shape index (κ1) is 14.9. The van der Waals surface area contributed by atoms with Gasteiger partial charge in [0.15, 0.2) is 5.13 Å². The van der Waals surface area contributed by atoms with Crippen LogP contribution in [0.4, 0.5) is 5.13 Å². The van der Waals surface area contributed by atoms with E-state index in [9.17, 15) is 4.79 Å². The Morgan fingerprint density at radius 1 is 1.62 bits per heavy atom. The molecule has 1 saturated heterocycles. The highest BCUT2D eigenvalue weighted by atomic mass is 32.1. The van der Waals surface area contributed by atoms with Crippen molar-refractivity contribution >= 4 is 22.4 Å². The van der Waals surface area contributed by atoms with E-state index in [2.05, 4.69) is 27.4 Å². The van der Waals surface area contributed by atoms with Gasteiger partial charge in [-0.25, -0.2) is 4.98 Å². The second-order valence-corrected chi connectivity index (χ2v) is 6.59. The molecule has 2 aliphatic heterocycles. The van der Waals surface area contributed by atoms with Crippen LogP contribution in [0.15, 0.2) is 0 Å². The third kappa shape index (κ3) is 3.26. The minimum Gasteiger partial charge on any atom is -0.375 e. The summed E-state index contributed by atoms with van der Waals surface area (Å²) in [6.07, 6.45) is 0.862. The van der Waals surface area contributed by atoms with Gasteiger partial charge in [-0.05, 0) is 13.5 Å². The van der Waals surface area contributed by atoms with Gasteiger partial charge >= 0.3 is 0 Å². The predicted octanol–water partition coefficient (Wildman–Crippen LogP) is 0.836. The van der Waals surface area contributed by atoms with Crippen LogP contribution in [0.2, 0.25) is 0 Å². The molecule has 0 radical (unpaired) electrons. The molecule has 0 aliphatic carbocycles. The van der Waals surface area contributed by atoms with Crippen molar-refractivity contribution in [2.75, 3.05) is 31.6 Å². The van der Waals surface area contributed by atoms with Gasteiger partial charge in [0.2, 0.25) is 5.91 Å². The van der Waals surface area contributed by atoms with Gasteiger partial charge in [-0.3, -0.25) is 9.69 Å². The van der Waals surface area contributed by atoms with Gasteiger partial charge in [-0.15, -0.1) is 11.3 Å². The fourth-order valence-corrected chi connectivity index (χ4v) is 3.84. The van der Waals surface area contributed by atoms with E-state index < -0.39 is 0 Å². The number of aromatic nitrogens is 1. The first-order valence-corrected chi connectivity index (χ1v) is 8.35. The first-order valence-electron chi connectivity index (χ1n) is 7.54. The zero-order chi connectivity index (χ0) is 14.8. The topological polar surface area (TPSA) is 66.5 Å². The van der Waals surface area contributed by atoms with Crippen molar-refractivity contribution < 1.29 is 9.53 Å². The van der Waals surface area contributed by atoms with Crippen LogP contribution < -0.4 is 10.6 Å². The van der Waals surface area contributed by atoms with Crippen LogP contribution >= 0.6 is 11.3 Å². The maximum Gasteiger partial charge on any atom is 0.245 e. The Bertz CT molecular complexity index is 519. The summed E-state index contributed by atoms with van der Waals surface area (Å²) >= 11 is 1.59. The third-order valence-corrected chi connectivity index (χ3v) is 5.08. The summed E-state index contributed by atoms with van der Waals surface area (Å²) in [6, 6.07) is -0.299. The normalized spacial score (nSPS) is 26.4. The molecular formula is C14H22N4O2S. The third-order valence-electron chi connectivity index (χ3n) is 4.09. The molecule has 1 amide bonds. The van der Waals surface area contributed by atoms with Crippen LogP contribution in [0.3, 0.4) is 0 Å². The molecule has 1 fully saturated rings. The Kier molecular flexibility index (Phi) is 4.54. The smallest absolute Gasteiger partial charge is 0.245 e. The molecule has 2 N–H and O–H groups in total. The molecule has 116 valence electrons. The summed E-state index contributed by atoms with van der Waals surface area (Å²) in [6.45, 7) is 8.51. The van der Waals surface area contributed by atoms with Gasteiger partial charge in [-0.1, -0.05) is 6.92 Å². The Labute approximate surface area is 128 Å². The van der Waals surface area contributed by atoms with E-state index >= 15 is 0 Å². The Morgan fingerprint density at radius 2 is 2.48 bits per heavy atom. The molecule has 1 aromatic heterocycles. The molecule has 0 bridgehead atoms. The lowest BCUT2D eigenvalue weighted by Crippen LogP contribution is -2.53. The molecule has 0 saturated carbocycles. The zero-order valence-corrected chi connectivity index (χ0v) is 13.3. The lowest BCUT2D eigenvalue weighted by molar-refractivity contribution is -0.123. The number of carbonyl (C=O) groups is 1. The number of carbonyl (C=O) groups excluding carboxylic acids is 1. The highest BCUT2D eigenvalue weighted by molar-refractivity contribution is 7.15. The number of hydrogen-bond acceptors (Lipinski definition) is 6. The summed E-state index contributed by atoms with van der Waals surface area (Å²) in [4.78, 5) is 20.6. The van der Waals surface area contributed by atoms with Crippen LogP contribution in [-0.2, 0) is 22.5 Å². The highest BCUT2D eigenvalue weighted by Gasteiger charge is 2.29. The van der Waals surface area contributed by atoms with Crippen LogP contribution in [0.5, 0.6) is 0 Å². The minimum absolute atomic E-state index is 0.0550. The lowest BCUT2D eigenvalue weighted by atomic mass is 10.1. The average Bonchev–Trinajstić information content (AvgIpc) is 2.88. The van der Waals surface area contributed by atoms with E-state index in [-0.39, 0.29) is 18.1 Å². The van der Waals surface area contributed by atoms with Crippen LogP contribution in [0, 0.1) is 0 Å². The standard InChI is InChI=1S/C14H22N4O2S/c1-3-18-6-4-10-11(8-18)21-14(16-10)17-13(19)12-9(2)20-7-5-15-12/h9,12,15H,3-8H2,1-2H3,(H,16,17,19)/t9-,12+/m1/s1. The van der Waals surface area contributed by atoms with Gasteiger partial charge < -0.3 is 15.4 Å². The summed E-state index contributed by atoms with van der Waals surface area (Å²) in [5.41, 5.74) is 1.14. The number of nitrogens with one attached hydrogen (secondary N) is 2. The van der Waals surface area contributed by atoms with Crippen molar-refractivity contribution in [3.05, 3.63) is 10.6 Å². The van der Waals surface area contributed by atoms with Crippen LogP contribution in [0.25, 0.3) is 0 Å². The van der Waals surface area contributed by atoms with Crippen molar-refractivity contribution in [1.82, 2.24) is 15.2 Å². The number of rotatable bonds is 3. The molecule has 0 aromatic carbocycles. The lowest BCUT2D eigenvalue weighted by Gasteiger charge is -2.28. The summed E-state index contributed by atoms with van der Waals surface area (Å²) in [7, 11) is 0. The number of anilines is 1. The van der Waals surface area contributed by atoms with Crippen molar-refractivity contribution in [2.24, 2.45) is 0 Å². The number of nitrogens with zero attached hydrogens (tertiary/aromatic N) is 2. The number of fused-ring (bicyclic) bond motifs is 1. The molecule has 0 spiro atoms. The van der Waals surface area contributed by atoms with Crippen molar-refractivity contribution in [3.63, 3.8) is 0 Å². The average molecular weight is 310 g/mol. The SMILES string of the molecule is CCN1CCc2nc(NC(=O)[C@H]3NCCO[C@@H]3C)sc2C1. The Morgan fingerprint density at radius 3 is 3.24 bits per heavy atom. The summed E-state index contributed by atoms with van der Waals surface area (Å²) in [5, 5.41) is 6.85. The number of hydrogen-bond donors (Lipinski definition) is 2. The van der Waals surface area contributed by atoms with Crippen LogP contribution in [0.1, 0.15) is 24.4 Å². The molecule has 2 atom stereocenters. The van der Waals surface area contributed by atoms with Crippen molar-refractivity contribution in [2.45, 2.75) is 39.0 Å². The van der Waals surface area contributed by atoms with Gasteiger partial charge in [-0.2, -0.15) is 0 Å². The molecule has 21 heavy (non-hydrogen) atoms. The fourth-order valence-electron chi connectivity index (χ4n) is 2.78. The molecule has 2 aliphatic rings. The van der Waals surface area contributed by atoms with E-state index in [1.54, 1.807) is 11.3 Å². The number of likely N-dealkylation sites (N-methyl/N-ethyl adjacent to an activating group) is 1. The molecule has 6 nitrogen and oxygen atoms in total. The predicted molar refractivity (Wildman–Crippen MR) is 82.6 cm³/mol. The fraction of sp³-hybridized carbons (Fsp3) is 0.714. The molecule has 3 heterocycles. The first-order chi connectivity index (χ1) is 10.2. The quantitative estimate of drug-likeness (QED) is 0.866. The van der Waals surface area contributed by atoms with E-state index in [0.717, 1.165) is 31.7 Å². The monoisotopic (exact) mass is 310 g/mol. The van der Waals surface area contributed by atoms with E-state index in [1.807, 2.05) is 6.92 Å². The molecule has 7 heteroatoms. The number of ether oxygens (including phenoxy) is 1. The number of thiazole rings is 1. The Hall–Kier alpha value is -1.02. The highest BCUT2D eigenvalue weighted by Crippen LogP contribution is 2.28. The second-order valence-electron chi connectivity index (χ2n) is 5.50. The number of morpholine rings is 1. The number of amides is 1. The Balaban J connectivity index is 1.65. The molecular weight excluding hydrogens is 288 g/mol. The van der Waals surface area contributed by atoms with Gasteiger partial charge in [0.1, 0.15) is 6.04 Å². The molecule has 0 unspecified atom stereocenters. The summed E-state index contributed by atoms with van der Waals surface area (Å²) < 4.78 is 5.51. The molecule has 1 aromatic rings. The maximum absolute atomic E-state index is 12.3. The van der Waals surface area contributed by atoms with E-state index in [0.29, 0.717) is 18.3 Å². The van der Waals surface area contributed by atoms with Crippen LogP contribution in [-0.4, -0.2) is 54.2 Å². The summed E-state index contributed by atoms with van der Waals surface area (Å²) in [5.74, 6) is -0.0550. The largest absolute Gasteiger partial charge is 0.375 e.